The minimum Gasteiger partial charge on any atom is -0.463 e. The van der Waals surface area contributed by atoms with E-state index < -0.39 is 11.4 Å². The van der Waals surface area contributed by atoms with Crippen LogP contribution in [-0.2, 0) is 0 Å². The predicted octanol–water partition coefficient (Wildman–Crippen LogP) is 1.71. The molecule has 1 fully saturated rings. The average Bonchev–Trinajstić information content (AvgIpc) is 2.84. The molecule has 2 rings (SSSR count). The SMILES string of the molecule is O=C(Cl)N1CCN(N=Cc2ccco2)C1=O. The maximum atomic E-state index is 11.5. The van der Waals surface area contributed by atoms with Crippen molar-refractivity contribution in [1.82, 2.24) is 9.91 Å². The van der Waals surface area contributed by atoms with Crippen molar-refractivity contribution in [3.63, 3.8) is 0 Å². The quantitative estimate of drug-likeness (QED) is 0.450. The first-order chi connectivity index (χ1) is 7.68. The van der Waals surface area contributed by atoms with Gasteiger partial charge in [-0.1, -0.05) is 0 Å². The smallest absolute Gasteiger partial charge is 0.348 e. The van der Waals surface area contributed by atoms with E-state index in [1.165, 1.54) is 12.5 Å². The van der Waals surface area contributed by atoms with Crippen LogP contribution in [0.2, 0.25) is 0 Å². The van der Waals surface area contributed by atoms with Crippen LogP contribution in [0.25, 0.3) is 0 Å². The van der Waals surface area contributed by atoms with Gasteiger partial charge in [0.2, 0.25) is 0 Å². The highest BCUT2D eigenvalue weighted by Gasteiger charge is 2.32. The molecule has 0 spiro atoms. The summed E-state index contributed by atoms with van der Waals surface area (Å²) in [6.07, 6.45) is 2.90. The molecule has 1 aliphatic rings. The van der Waals surface area contributed by atoms with Gasteiger partial charge in [-0.15, -0.1) is 0 Å². The van der Waals surface area contributed by atoms with Crippen LogP contribution in [0.5, 0.6) is 0 Å². The summed E-state index contributed by atoms with van der Waals surface area (Å²) in [5.41, 5.74) is 0. The van der Waals surface area contributed by atoms with Gasteiger partial charge in [0.15, 0.2) is 0 Å². The molecule has 16 heavy (non-hydrogen) atoms. The van der Waals surface area contributed by atoms with Gasteiger partial charge in [0, 0.05) is 0 Å². The van der Waals surface area contributed by atoms with Crippen molar-refractivity contribution < 1.29 is 14.0 Å². The van der Waals surface area contributed by atoms with Gasteiger partial charge in [-0.3, -0.25) is 4.79 Å². The van der Waals surface area contributed by atoms with E-state index in [0.717, 1.165) is 9.91 Å². The number of hydrogen-bond donors (Lipinski definition) is 0. The van der Waals surface area contributed by atoms with E-state index in [-0.39, 0.29) is 6.54 Å². The molecule has 1 saturated heterocycles. The topological polar surface area (TPSA) is 66.1 Å². The molecule has 0 atom stereocenters. The largest absolute Gasteiger partial charge is 0.463 e. The number of rotatable bonds is 2. The lowest BCUT2D eigenvalue weighted by atomic mass is 10.5. The van der Waals surface area contributed by atoms with E-state index in [9.17, 15) is 9.59 Å². The highest BCUT2D eigenvalue weighted by molar-refractivity contribution is 6.64. The van der Waals surface area contributed by atoms with Gasteiger partial charge in [-0.2, -0.15) is 5.10 Å². The number of urea groups is 1. The van der Waals surface area contributed by atoms with Gasteiger partial charge in [-0.25, -0.2) is 14.7 Å². The molecular formula is C9H8ClN3O3. The molecule has 0 radical (unpaired) electrons. The number of imide groups is 1. The highest BCUT2D eigenvalue weighted by Crippen LogP contribution is 2.11. The zero-order valence-corrected chi connectivity index (χ0v) is 8.92. The fourth-order valence-electron chi connectivity index (χ4n) is 1.29. The Kier molecular flexibility index (Phi) is 2.91. The number of nitrogens with zero attached hydrogens (tertiary/aromatic N) is 3. The van der Waals surface area contributed by atoms with Gasteiger partial charge >= 0.3 is 11.4 Å². The lowest BCUT2D eigenvalue weighted by molar-refractivity contribution is 0.195. The van der Waals surface area contributed by atoms with Crippen molar-refractivity contribution in [1.29, 1.82) is 0 Å². The molecule has 84 valence electrons. The monoisotopic (exact) mass is 241 g/mol. The Morgan fingerprint density at radius 1 is 1.56 bits per heavy atom. The molecule has 3 amide bonds. The normalized spacial score (nSPS) is 16.4. The first kappa shape index (κ1) is 10.7. The summed E-state index contributed by atoms with van der Waals surface area (Å²) in [4.78, 5) is 23.2. The number of furan rings is 1. The van der Waals surface area contributed by atoms with E-state index in [1.54, 1.807) is 12.1 Å². The predicted molar refractivity (Wildman–Crippen MR) is 56.4 cm³/mol. The second-order valence-corrected chi connectivity index (χ2v) is 3.39. The van der Waals surface area contributed by atoms with Gasteiger partial charge in [0.1, 0.15) is 5.76 Å². The van der Waals surface area contributed by atoms with Crippen molar-refractivity contribution >= 4 is 29.2 Å². The summed E-state index contributed by atoms with van der Waals surface area (Å²) in [7, 11) is 0. The van der Waals surface area contributed by atoms with Gasteiger partial charge in [-0.05, 0) is 23.7 Å². The Morgan fingerprint density at radius 2 is 2.38 bits per heavy atom. The second-order valence-electron chi connectivity index (χ2n) is 3.07. The summed E-state index contributed by atoms with van der Waals surface area (Å²) < 4.78 is 5.01. The van der Waals surface area contributed by atoms with E-state index in [1.807, 2.05) is 0 Å². The summed E-state index contributed by atoms with van der Waals surface area (Å²) in [5.74, 6) is 0.531. The Hall–Kier alpha value is -1.82. The third-order valence-electron chi connectivity index (χ3n) is 2.07. The van der Waals surface area contributed by atoms with E-state index in [0.29, 0.717) is 12.3 Å². The molecule has 2 heterocycles. The number of hydrazone groups is 1. The zero-order chi connectivity index (χ0) is 11.5. The van der Waals surface area contributed by atoms with Gasteiger partial charge in [0.05, 0.1) is 25.6 Å². The summed E-state index contributed by atoms with van der Waals surface area (Å²) in [6, 6.07) is 2.89. The van der Waals surface area contributed by atoms with Crippen LogP contribution in [0.1, 0.15) is 5.76 Å². The molecule has 0 N–H and O–H groups in total. The molecule has 1 aliphatic heterocycles. The molecule has 6 nitrogen and oxygen atoms in total. The molecular weight excluding hydrogens is 234 g/mol. The van der Waals surface area contributed by atoms with Crippen molar-refractivity contribution in [2.75, 3.05) is 13.1 Å². The van der Waals surface area contributed by atoms with E-state index in [4.69, 9.17) is 16.0 Å². The molecule has 0 bridgehead atoms. The Morgan fingerprint density at radius 3 is 2.94 bits per heavy atom. The Balaban J connectivity index is 2.03. The fourth-order valence-corrected chi connectivity index (χ4v) is 1.44. The average molecular weight is 242 g/mol. The Labute approximate surface area is 96.1 Å². The molecule has 0 aliphatic carbocycles. The van der Waals surface area contributed by atoms with E-state index >= 15 is 0 Å². The lowest BCUT2D eigenvalue weighted by Crippen LogP contribution is -2.30. The minimum atomic E-state index is -0.791. The molecule has 0 saturated carbocycles. The molecule has 7 heteroatoms. The Bertz CT molecular complexity index is 429. The van der Waals surface area contributed by atoms with Crippen LogP contribution in [0.15, 0.2) is 27.9 Å². The molecule has 0 aromatic carbocycles. The van der Waals surface area contributed by atoms with Crippen LogP contribution in [0.4, 0.5) is 9.59 Å². The van der Waals surface area contributed by atoms with Gasteiger partial charge in [0.25, 0.3) is 0 Å². The molecule has 1 aromatic rings. The third-order valence-corrected chi connectivity index (χ3v) is 2.27. The second kappa shape index (κ2) is 4.36. The number of hydrogen-bond acceptors (Lipinski definition) is 4. The number of carbonyl (C=O) groups is 2. The van der Waals surface area contributed by atoms with Crippen molar-refractivity contribution in [2.24, 2.45) is 5.10 Å². The maximum absolute atomic E-state index is 11.5. The van der Waals surface area contributed by atoms with Crippen molar-refractivity contribution in [3.05, 3.63) is 24.2 Å². The number of halogens is 1. The molecule has 0 unspecified atom stereocenters. The number of amides is 3. The highest BCUT2D eigenvalue weighted by atomic mass is 35.5. The van der Waals surface area contributed by atoms with Crippen LogP contribution in [0.3, 0.4) is 0 Å². The van der Waals surface area contributed by atoms with Crippen molar-refractivity contribution in [3.8, 4) is 0 Å². The number of carbonyl (C=O) groups excluding carboxylic acids is 2. The standard InChI is InChI=1S/C9H8ClN3O3/c10-8(14)12-3-4-13(9(12)15)11-6-7-2-1-5-16-7/h1-2,5-6H,3-4H2. The summed E-state index contributed by atoms with van der Waals surface area (Å²) in [6.45, 7) is 0.575. The lowest BCUT2D eigenvalue weighted by Gasteiger charge is -2.09. The van der Waals surface area contributed by atoms with Crippen LogP contribution in [0, 0.1) is 0 Å². The fraction of sp³-hybridized carbons (Fsp3) is 0.222. The summed E-state index contributed by atoms with van der Waals surface area (Å²) >= 11 is 5.21. The van der Waals surface area contributed by atoms with Crippen LogP contribution in [-0.4, -0.2) is 40.6 Å². The zero-order valence-electron chi connectivity index (χ0n) is 8.17. The minimum absolute atomic E-state index is 0.247. The maximum Gasteiger partial charge on any atom is 0.348 e. The van der Waals surface area contributed by atoms with Crippen molar-refractivity contribution in [2.45, 2.75) is 0 Å². The van der Waals surface area contributed by atoms with Gasteiger partial charge < -0.3 is 4.42 Å². The first-order valence-corrected chi connectivity index (χ1v) is 4.92. The van der Waals surface area contributed by atoms with E-state index in [2.05, 4.69) is 5.10 Å². The first-order valence-electron chi connectivity index (χ1n) is 4.54. The van der Waals surface area contributed by atoms with Crippen LogP contribution < -0.4 is 0 Å². The summed E-state index contributed by atoms with van der Waals surface area (Å²) in [5, 5.41) is 4.26. The third kappa shape index (κ3) is 2.06. The molecule has 1 aromatic heterocycles. The van der Waals surface area contributed by atoms with Crippen LogP contribution >= 0.6 is 11.6 Å².